The van der Waals surface area contributed by atoms with Crippen LogP contribution >= 0.6 is 0 Å². The maximum atomic E-state index is 2.31. The summed E-state index contributed by atoms with van der Waals surface area (Å²) in [5.41, 5.74) is 2.82. The molecule has 0 N–H and O–H groups in total. The largest absolute Gasteiger partial charge is 0.0683 e. The standard InChI is InChI=1S/C13H20.C2H6/c1-10(2)9-12(4)13-7-5-11(3)6-8-13;1-2/h5-8,10,12H,9H2,1-4H3;1-2H3. The van der Waals surface area contributed by atoms with Crippen LogP contribution in [-0.2, 0) is 0 Å². The SMILES string of the molecule is CC.Cc1ccc(C(C)CC(C)C)cc1. The Bertz CT molecular complexity index is 243. The van der Waals surface area contributed by atoms with Gasteiger partial charge in [-0.05, 0) is 30.7 Å². The van der Waals surface area contributed by atoms with E-state index >= 15 is 0 Å². The minimum Gasteiger partial charge on any atom is -0.0683 e. The van der Waals surface area contributed by atoms with Gasteiger partial charge in [0.1, 0.15) is 0 Å². The van der Waals surface area contributed by atoms with Gasteiger partial charge in [-0.2, -0.15) is 0 Å². The number of rotatable bonds is 3. The van der Waals surface area contributed by atoms with E-state index in [1.807, 2.05) is 13.8 Å². The van der Waals surface area contributed by atoms with E-state index in [0.29, 0.717) is 5.92 Å². The molecule has 0 saturated heterocycles. The van der Waals surface area contributed by atoms with Crippen molar-refractivity contribution in [1.82, 2.24) is 0 Å². The minimum atomic E-state index is 0.695. The van der Waals surface area contributed by atoms with E-state index in [-0.39, 0.29) is 0 Å². The van der Waals surface area contributed by atoms with Gasteiger partial charge in [-0.3, -0.25) is 0 Å². The van der Waals surface area contributed by atoms with E-state index < -0.39 is 0 Å². The first-order chi connectivity index (χ1) is 7.09. The summed E-state index contributed by atoms with van der Waals surface area (Å²) in [5, 5.41) is 0. The highest BCUT2D eigenvalue weighted by atomic mass is 14.1. The summed E-state index contributed by atoms with van der Waals surface area (Å²) in [5.74, 6) is 1.48. The molecule has 1 unspecified atom stereocenters. The maximum Gasteiger partial charge on any atom is -0.0188 e. The van der Waals surface area contributed by atoms with Crippen LogP contribution in [0.15, 0.2) is 24.3 Å². The lowest BCUT2D eigenvalue weighted by molar-refractivity contribution is 0.523. The molecule has 0 saturated carbocycles. The van der Waals surface area contributed by atoms with Crippen LogP contribution in [0.25, 0.3) is 0 Å². The molecule has 0 aliphatic carbocycles. The molecule has 0 heteroatoms. The predicted molar refractivity (Wildman–Crippen MR) is 70.4 cm³/mol. The Morgan fingerprint density at radius 3 is 1.80 bits per heavy atom. The average Bonchev–Trinajstić information content (AvgIpc) is 2.20. The van der Waals surface area contributed by atoms with E-state index in [9.17, 15) is 0 Å². The average molecular weight is 206 g/mol. The smallest absolute Gasteiger partial charge is 0.0188 e. The van der Waals surface area contributed by atoms with Crippen LogP contribution in [0.4, 0.5) is 0 Å². The van der Waals surface area contributed by atoms with Crippen molar-refractivity contribution in [3.8, 4) is 0 Å². The molecular formula is C15H26. The second-order valence-electron chi connectivity index (χ2n) is 4.44. The molecule has 0 radical (unpaired) electrons. The fourth-order valence-corrected chi connectivity index (χ4v) is 1.74. The Balaban J connectivity index is 0.000000921. The van der Waals surface area contributed by atoms with Gasteiger partial charge in [0.2, 0.25) is 0 Å². The van der Waals surface area contributed by atoms with Crippen LogP contribution < -0.4 is 0 Å². The van der Waals surface area contributed by atoms with Gasteiger partial charge < -0.3 is 0 Å². The van der Waals surface area contributed by atoms with E-state index in [0.717, 1.165) is 5.92 Å². The molecule has 0 aromatic heterocycles. The van der Waals surface area contributed by atoms with Crippen LogP contribution in [0.1, 0.15) is 58.1 Å². The van der Waals surface area contributed by atoms with E-state index in [4.69, 9.17) is 0 Å². The molecule has 0 spiro atoms. The highest BCUT2D eigenvalue weighted by Crippen LogP contribution is 2.22. The zero-order chi connectivity index (χ0) is 11.8. The number of hydrogen-bond donors (Lipinski definition) is 0. The van der Waals surface area contributed by atoms with Gasteiger partial charge in [0, 0.05) is 0 Å². The Morgan fingerprint density at radius 2 is 1.40 bits per heavy atom. The summed E-state index contributed by atoms with van der Waals surface area (Å²) in [7, 11) is 0. The van der Waals surface area contributed by atoms with Gasteiger partial charge in [-0.15, -0.1) is 0 Å². The van der Waals surface area contributed by atoms with Crippen molar-refractivity contribution in [2.45, 2.75) is 53.9 Å². The molecule has 1 aromatic rings. The fraction of sp³-hybridized carbons (Fsp3) is 0.600. The molecule has 86 valence electrons. The second-order valence-corrected chi connectivity index (χ2v) is 4.44. The van der Waals surface area contributed by atoms with Crippen molar-refractivity contribution < 1.29 is 0 Å². The highest BCUT2D eigenvalue weighted by Gasteiger charge is 2.06. The molecule has 1 rings (SSSR count). The molecule has 0 nitrogen and oxygen atoms in total. The molecule has 0 heterocycles. The summed E-state index contributed by atoms with van der Waals surface area (Å²) < 4.78 is 0. The third-order valence-corrected chi connectivity index (χ3v) is 2.47. The molecule has 0 aliphatic rings. The normalized spacial score (nSPS) is 11.9. The van der Waals surface area contributed by atoms with Crippen molar-refractivity contribution in [3.63, 3.8) is 0 Å². The van der Waals surface area contributed by atoms with Gasteiger partial charge in [0.25, 0.3) is 0 Å². The van der Waals surface area contributed by atoms with Crippen LogP contribution in [0.2, 0.25) is 0 Å². The third-order valence-electron chi connectivity index (χ3n) is 2.47. The quantitative estimate of drug-likeness (QED) is 0.640. The molecular weight excluding hydrogens is 180 g/mol. The van der Waals surface area contributed by atoms with Crippen molar-refractivity contribution in [2.24, 2.45) is 5.92 Å². The predicted octanol–water partition coefficient (Wildman–Crippen LogP) is 5.17. The van der Waals surface area contributed by atoms with E-state index in [1.165, 1.54) is 17.5 Å². The fourth-order valence-electron chi connectivity index (χ4n) is 1.74. The van der Waals surface area contributed by atoms with Gasteiger partial charge in [-0.25, -0.2) is 0 Å². The maximum absolute atomic E-state index is 2.31. The lowest BCUT2D eigenvalue weighted by Crippen LogP contribution is -1.98. The molecule has 0 amide bonds. The summed E-state index contributed by atoms with van der Waals surface area (Å²) in [6.45, 7) is 13.0. The van der Waals surface area contributed by atoms with Crippen LogP contribution in [-0.4, -0.2) is 0 Å². The molecule has 0 bridgehead atoms. The first-order valence-electron chi connectivity index (χ1n) is 6.16. The topological polar surface area (TPSA) is 0 Å². The lowest BCUT2D eigenvalue weighted by atomic mass is 9.92. The highest BCUT2D eigenvalue weighted by molar-refractivity contribution is 5.23. The summed E-state index contributed by atoms with van der Waals surface area (Å²) in [6, 6.07) is 8.91. The summed E-state index contributed by atoms with van der Waals surface area (Å²) >= 11 is 0. The Hall–Kier alpha value is -0.780. The minimum absolute atomic E-state index is 0.695. The lowest BCUT2D eigenvalue weighted by Gasteiger charge is -2.14. The first kappa shape index (κ1) is 14.2. The van der Waals surface area contributed by atoms with Crippen LogP contribution in [0, 0.1) is 12.8 Å². The molecule has 0 aliphatic heterocycles. The van der Waals surface area contributed by atoms with E-state index in [1.54, 1.807) is 0 Å². The second kappa shape index (κ2) is 7.50. The molecule has 0 fully saturated rings. The Morgan fingerprint density at radius 1 is 0.933 bits per heavy atom. The molecule has 15 heavy (non-hydrogen) atoms. The summed E-state index contributed by atoms with van der Waals surface area (Å²) in [6.07, 6.45) is 1.28. The number of aryl methyl sites for hydroxylation is 1. The summed E-state index contributed by atoms with van der Waals surface area (Å²) in [4.78, 5) is 0. The monoisotopic (exact) mass is 206 g/mol. The molecule has 1 atom stereocenters. The molecule has 1 aromatic carbocycles. The van der Waals surface area contributed by atoms with Gasteiger partial charge >= 0.3 is 0 Å². The zero-order valence-electron chi connectivity index (χ0n) is 11.2. The van der Waals surface area contributed by atoms with Crippen molar-refractivity contribution in [2.75, 3.05) is 0 Å². The first-order valence-corrected chi connectivity index (χ1v) is 6.16. The van der Waals surface area contributed by atoms with Crippen molar-refractivity contribution >= 4 is 0 Å². The third kappa shape index (κ3) is 5.61. The van der Waals surface area contributed by atoms with Gasteiger partial charge in [0.15, 0.2) is 0 Å². The van der Waals surface area contributed by atoms with Crippen molar-refractivity contribution in [1.29, 1.82) is 0 Å². The van der Waals surface area contributed by atoms with E-state index in [2.05, 4.69) is 52.0 Å². The van der Waals surface area contributed by atoms with Gasteiger partial charge in [-0.1, -0.05) is 64.4 Å². The van der Waals surface area contributed by atoms with Crippen LogP contribution in [0.5, 0.6) is 0 Å². The van der Waals surface area contributed by atoms with Gasteiger partial charge in [0.05, 0.1) is 0 Å². The van der Waals surface area contributed by atoms with Crippen molar-refractivity contribution in [3.05, 3.63) is 35.4 Å². The van der Waals surface area contributed by atoms with Crippen LogP contribution in [0.3, 0.4) is 0 Å². The Labute approximate surface area is 95.7 Å². The number of benzene rings is 1. The Kier molecular flexibility index (Phi) is 7.11. The number of hydrogen-bond acceptors (Lipinski definition) is 0. The zero-order valence-corrected chi connectivity index (χ0v) is 11.2.